The van der Waals surface area contributed by atoms with Crippen LogP contribution in [0.2, 0.25) is 0 Å². The molecular formula is C17H21N3O3S. The summed E-state index contributed by atoms with van der Waals surface area (Å²) in [6.07, 6.45) is 1.79. The fraction of sp³-hybridized carbons (Fsp3) is 0.353. The molecule has 7 heteroatoms. The van der Waals surface area contributed by atoms with E-state index < -0.39 is 0 Å². The average molecular weight is 347 g/mol. The van der Waals surface area contributed by atoms with E-state index in [1.54, 1.807) is 20.1 Å². The Morgan fingerprint density at radius 2 is 2.25 bits per heavy atom. The minimum Gasteiger partial charge on any atom is -0.491 e. The van der Waals surface area contributed by atoms with Gasteiger partial charge in [-0.05, 0) is 45.4 Å². The number of nitrogens with one attached hydrogen (secondary N) is 1. The highest BCUT2D eigenvalue weighted by Crippen LogP contribution is 2.23. The van der Waals surface area contributed by atoms with Crippen LogP contribution in [0.5, 0.6) is 5.75 Å². The third-order valence-electron chi connectivity index (χ3n) is 2.86. The summed E-state index contributed by atoms with van der Waals surface area (Å²) in [6.45, 7) is 7.84. The lowest BCUT2D eigenvalue weighted by Gasteiger charge is -2.09. The number of nitrogens with zero attached hydrogens (tertiary/aromatic N) is 2. The molecule has 6 nitrogen and oxygen atoms in total. The maximum atomic E-state index is 11.8. The Hall–Kier alpha value is -2.41. The number of benzene rings is 1. The van der Waals surface area contributed by atoms with Crippen molar-refractivity contribution >= 4 is 28.7 Å². The number of aromatic nitrogens is 1. The van der Waals surface area contributed by atoms with Crippen LogP contribution in [0.4, 0.5) is 5.13 Å². The van der Waals surface area contributed by atoms with Crippen molar-refractivity contribution in [2.45, 2.75) is 33.8 Å². The zero-order valence-corrected chi connectivity index (χ0v) is 15.0. The molecule has 1 aromatic carbocycles. The topological polar surface area (TPSA) is 72.8 Å². The summed E-state index contributed by atoms with van der Waals surface area (Å²) in [5, 5.41) is 4.70. The van der Waals surface area contributed by atoms with Gasteiger partial charge >= 0.3 is 5.97 Å². The fourth-order valence-corrected chi connectivity index (χ4v) is 2.74. The van der Waals surface area contributed by atoms with Gasteiger partial charge in [-0.15, -0.1) is 0 Å². The maximum Gasteiger partial charge on any atom is 0.350 e. The Kier molecular flexibility index (Phi) is 6.31. The summed E-state index contributed by atoms with van der Waals surface area (Å²) >= 11 is 1.22. The Morgan fingerprint density at radius 1 is 1.46 bits per heavy atom. The molecule has 0 amide bonds. The van der Waals surface area contributed by atoms with E-state index in [1.165, 1.54) is 11.3 Å². The number of carbonyl (C=O) groups is 1. The van der Waals surface area contributed by atoms with Crippen molar-refractivity contribution in [3.8, 4) is 5.75 Å². The maximum absolute atomic E-state index is 11.8. The lowest BCUT2D eigenvalue weighted by atomic mass is 10.2. The first kappa shape index (κ1) is 17.9. The highest BCUT2D eigenvalue weighted by molar-refractivity contribution is 7.17. The van der Waals surface area contributed by atoms with Gasteiger partial charge in [0.1, 0.15) is 10.6 Å². The van der Waals surface area contributed by atoms with Gasteiger partial charge in [-0.2, -0.15) is 5.10 Å². The van der Waals surface area contributed by atoms with Gasteiger partial charge in [-0.1, -0.05) is 23.5 Å². The summed E-state index contributed by atoms with van der Waals surface area (Å²) in [6, 6.07) is 7.64. The molecule has 0 radical (unpaired) electrons. The predicted octanol–water partition coefficient (Wildman–Crippen LogP) is 3.86. The van der Waals surface area contributed by atoms with E-state index in [0.29, 0.717) is 22.3 Å². The van der Waals surface area contributed by atoms with Crippen molar-refractivity contribution in [1.82, 2.24) is 4.98 Å². The first-order valence-corrected chi connectivity index (χ1v) is 8.51. The number of aryl methyl sites for hydroxylation is 1. The molecule has 0 unspecified atom stereocenters. The molecule has 2 aromatic rings. The smallest absolute Gasteiger partial charge is 0.350 e. The number of anilines is 1. The molecule has 1 aromatic heterocycles. The number of hydrogen-bond donors (Lipinski definition) is 1. The number of carbonyl (C=O) groups excluding carboxylic acids is 1. The van der Waals surface area contributed by atoms with Crippen LogP contribution in [0.3, 0.4) is 0 Å². The average Bonchev–Trinajstić information content (AvgIpc) is 2.88. The van der Waals surface area contributed by atoms with Crippen molar-refractivity contribution in [3.05, 3.63) is 40.4 Å². The zero-order valence-electron chi connectivity index (χ0n) is 14.2. The molecule has 0 fully saturated rings. The first-order chi connectivity index (χ1) is 11.5. The fourth-order valence-electron chi connectivity index (χ4n) is 1.93. The number of ether oxygens (including phenoxy) is 2. The van der Waals surface area contributed by atoms with Gasteiger partial charge in [0.15, 0.2) is 0 Å². The number of rotatable bonds is 7. The quantitative estimate of drug-likeness (QED) is 0.468. The van der Waals surface area contributed by atoms with Crippen molar-refractivity contribution in [1.29, 1.82) is 0 Å². The van der Waals surface area contributed by atoms with Crippen molar-refractivity contribution in [2.24, 2.45) is 5.10 Å². The second-order valence-corrected chi connectivity index (χ2v) is 6.26. The van der Waals surface area contributed by atoms with Crippen molar-refractivity contribution in [2.75, 3.05) is 12.0 Å². The van der Waals surface area contributed by atoms with E-state index >= 15 is 0 Å². The van der Waals surface area contributed by atoms with Crippen LogP contribution in [0, 0.1) is 6.92 Å². The van der Waals surface area contributed by atoms with Gasteiger partial charge in [0.25, 0.3) is 0 Å². The number of hydrazone groups is 1. The minimum absolute atomic E-state index is 0.120. The Labute approximate surface area is 145 Å². The molecule has 0 aliphatic rings. The molecule has 2 rings (SSSR count). The molecule has 24 heavy (non-hydrogen) atoms. The van der Waals surface area contributed by atoms with E-state index in [4.69, 9.17) is 9.47 Å². The van der Waals surface area contributed by atoms with Crippen LogP contribution in [0.15, 0.2) is 29.4 Å². The van der Waals surface area contributed by atoms with Crippen molar-refractivity contribution < 1.29 is 14.3 Å². The molecule has 0 bridgehead atoms. The zero-order chi connectivity index (χ0) is 17.5. The van der Waals surface area contributed by atoms with E-state index in [0.717, 1.165) is 11.3 Å². The van der Waals surface area contributed by atoms with E-state index in [9.17, 15) is 4.79 Å². The highest BCUT2D eigenvalue weighted by Gasteiger charge is 2.15. The molecule has 0 atom stereocenters. The number of esters is 1. The molecule has 1 heterocycles. The molecule has 128 valence electrons. The normalized spacial score (nSPS) is 11.0. The van der Waals surface area contributed by atoms with Gasteiger partial charge in [0.05, 0.1) is 24.6 Å². The van der Waals surface area contributed by atoms with Crippen LogP contribution >= 0.6 is 11.3 Å². The Balaban J connectivity index is 2.02. The second-order valence-electron chi connectivity index (χ2n) is 5.26. The summed E-state index contributed by atoms with van der Waals surface area (Å²) in [7, 11) is 0. The third kappa shape index (κ3) is 5.06. The van der Waals surface area contributed by atoms with Crippen LogP contribution in [0.25, 0.3) is 0 Å². The molecule has 0 saturated carbocycles. The molecule has 1 N–H and O–H groups in total. The van der Waals surface area contributed by atoms with Crippen LogP contribution in [0.1, 0.15) is 41.7 Å². The Morgan fingerprint density at radius 3 is 2.96 bits per heavy atom. The molecule has 0 aliphatic carbocycles. The Bertz CT molecular complexity index is 726. The second kappa shape index (κ2) is 8.44. The van der Waals surface area contributed by atoms with Crippen LogP contribution in [-0.2, 0) is 4.74 Å². The SMILES string of the molecule is CCOC(=O)c1sc(N/N=C\c2cccc(OC(C)C)c2)nc1C. The standard InChI is InChI=1S/C17H21N3O3S/c1-5-22-16(21)15-12(4)19-17(24-15)20-18-10-13-7-6-8-14(9-13)23-11(2)3/h6-11H,5H2,1-4H3,(H,19,20)/b18-10-. The lowest BCUT2D eigenvalue weighted by Crippen LogP contribution is -2.05. The summed E-state index contributed by atoms with van der Waals surface area (Å²) in [4.78, 5) is 16.5. The van der Waals surface area contributed by atoms with Gasteiger partial charge in [0, 0.05) is 0 Å². The van der Waals surface area contributed by atoms with Gasteiger partial charge in [-0.3, -0.25) is 5.43 Å². The first-order valence-electron chi connectivity index (χ1n) is 7.70. The van der Waals surface area contributed by atoms with Crippen LogP contribution < -0.4 is 10.2 Å². The minimum atomic E-state index is -0.358. The monoisotopic (exact) mass is 347 g/mol. The van der Waals surface area contributed by atoms with Gasteiger partial charge < -0.3 is 9.47 Å². The molecule has 0 spiro atoms. The lowest BCUT2D eigenvalue weighted by molar-refractivity contribution is 0.0531. The molecule has 0 aliphatic heterocycles. The largest absolute Gasteiger partial charge is 0.491 e. The molecule has 0 saturated heterocycles. The highest BCUT2D eigenvalue weighted by atomic mass is 32.1. The molecular weight excluding hydrogens is 326 g/mol. The van der Waals surface area contributed by atoms with E-state index in [-0.39, 0.29) is 12.1 Å². The van der Waals surface area contributed by atoms with E-state index in [1.807, 2.05) is 38.1 Å². The van der Waals surface area contributed by atoms with Gasteiger partial charge in [-0.25, -0.2) is 9.78 Å². The van der Waals surface area contributed by atoms with Crippen LogP contribution in [-0.4, -0.2) is 29.9 Å². The third-order valence-corrected chi connectivity index (χ3v) is 3.90. The van der Waals surface area contributed by atoms with Crippen molar-refractivity contribution in [3.63, 3.8) is 0 Å². The van der Waals surface area contributed by atoms with E-state index in [2.05, 4.69) is 15.5 Å². The van der Waals surface area contributed by atoms with Gasteiger partial charge in [0.2, 0.25) is 5.13 Å². The summed E-state index contributed by atoms with van der Waals surface area (Å²) in [5.74, 6) is 0.437. The summed E-state index contributed by atoms with van der Waals surface area (Å²) < 4.78 is 10.6. The predicted molar refractivity (Wildman–Crippen MR) is 96.2 cm³/mol. The number of thiazole rings is 1. The number of hydrogen-bond acceptors (Lipinski definition) is 7. The summed E-state index contributed by atoms with van der Waals surface area (Å²) in [5.41, 5.74) is 4.37.